The van der Waals surface area contributed by atoms with Gasteiger partial charge in [-0.1, -0.05) is 36.8 Å². The number of nitrogens with zero attached hydrogens (tertiary/aromatic N) is 1. The topological polar surface area (TPSA) is 71.3 Å². The van der Waals surface area contributed by atoms with Crippen molar-refractivity contribution in [2.75, 3.05) is 0 Å². The van der Waals surface area contributed by atoms with E-state index in [-0.39, 0.29) is 11.9 Å². The Bertz CT molecular complexity index is 780. The molecule has 1 saturated carbocycles. The summed E-state index contributed by atoms with van der Waals surface area (Å²) in [6, 6.07) is 11.7. The van der Waals surface area contributed by atoms with E-state index >= 15 is 0 Å². The molecule has 1 aliphatic carbocycles. The Labute approximate surface area is 147 Å². The molecule has 1 fully saturated rings. The van der Waals surface area contributed by atoms with Crippen LogP contribution in [0.15, 0.2) is 36.4 Å². The lowest BCUT2D eigenvalue weighted by atomic mass is 10.0. The predicted octanol–water partition coefficient (Wildman–Crippen LogP) is 3.14. The zero-order chi connectivity index (χ0) is 18.0. The molecule has 2 aromatic rings. The minimum atomic E-state index is -0.822. The third-order valence-electron chi connectivity index (χ3n) is 5.15. The number of hydrogen-bond donors (Lipinski definition) is 2. The number of carboxylic acid groups (broad SMARTS) is 1. The second kappa shape index (κ2) is 7.13. The number of carbonyl (C=O) groups excluding carboxylic acids is 1. The Morgan fingerprint density at radius 3 is 2.60 bits per heavy atom. The number of benzene rings is 1. The number of amides is 1. The quantitative estimate of drug-likeness (QED) is 0.878. The molecule has 132 valence electrons. The van der Waals surface area contributed by atoms with Crippen LogP contribution in [0.2, 0.25) is 0 Å². The molecule has 0 spiro atoms. The number of aliphatic carboxylic acids is 1. The first-order chi connectivity index (χ1) is 12.0. The van der Waals surface area contributed by atoms with Crippen molar-refractivity contribution in [3.63, 3.8) is 0 Å². The maximum absolute atomic E-state index is 12.7. The van der Waals surface area contributed by atoms with Crippen molar-refractivity contribution in [2.24, 2.45) is 5.92 Å². The van der Waals surface area contributed by atoms with Gasteiger partial charge >= 0.3 is 5.97 Å². The average Bonchev–Trinajstić information content (AvgIpc) is 3.15. The van der Waals surface area contributed by atoms with Crippen molar-refractivity contribution in [3.8, 4) is 0 Å². The molecule has 3 rings (SSSR count). The molecular formula is C20H24N2O3. The van der Waals surface area contributed by atoms with Crippen LogP contribution in [0.4, 0.5) is 0 Å². The standard InChI is InChI=1S/C20H24N2O3/c1-13-11-17(14(2)22(13)12-15-7-4-3-5-8-15)19(23)21-18-10-6-9-16(18)20(24)25/h3-5,7-8,11,16,18H,6,9-10,12H2,1-2H3,(H,21,23)(H,24,25)/t16-,18+/m0/s1. The van der Waals surface area contributed by atoms with Crippen LogP contribution in [0.3, 0.4) is 0 Å². The normalized spacial score (nSPS) is 19.8. The Balaban J connectivity index is 1.77. The highest BCUT2D eigenvalue weighted by atomic mass is 16.4. The largest absolute Gasteiger partial charge is 0.481 e. The van der Waals surface area contributed by atoms with Crippen molar-refractivity contribution in [1.82, 2.24) is 9.88 Å². The highest BCUT2D eigenvalue weighted by molar-refractivity contribution is 5.96. The van der Waals surface area contributed by atoms with E-state index < -0.39 is 11.9 Å². The highest BCUT2D eigenvalue weighted by Gasteiger charge is 2.34. The zero-order valence-electron chi connectivity index (χ0n) is 14.7. The van der Waals surface area contributed by atoms with Crippen LogP contribution in [-0.2, 0) is 11.3 Å². The Kier molecular flexibility index (Phi) is 4.93. The molecule has 0 aliphatic heterocycles. The fraction of sp³-hybridized carbons (Fsp3) is 0.400. The number of nitrogens with one attached hydrogen (secondary N) is 1. The summed E-state index contributed by atoms with van der Waals surface area (Å²) < 4.78 is 2.12. The Morgan fingerprint density at radius 1 is 1.20 bits per heavy atom. The summed E-state index contributed by atoms with van der Waals surface area (Å²) in [5, 5.41) is 12.2. The molecule has 1 aliphatic rings. The molecule has 2 atom stereocenters. The van der Waals surface area contributed by atoms with E-state index in [2.05, 4.69) is 22.0 Å². The highest BCUT2D eigenvalue weighted by Crippen LogP contribution is 2.26. The molecule has 1 amide bonds. The molecule has 0 unspecified atom stereocenters. The van der Waals surface area contributed by atoms with Gasteiger partial charge in [-0.25, -0.2) is 0 Å². The summed E-state index contributed by atoms with van der Waals surface area (Å²) in [6.07, 6.45) is 2.20. The predicted molar refractivity (Wildman–Crippen MR) is 95.7 cm³/mol. The molecule has 5 heteroatoms. The van der Waals surface area contributed by atoms with Crippen molar-refractivity contribution >= 4 is 11.9 Å². The second-order valence-corrected chi connectivity index (χ2v) is 6.81. The van der Waals surface area contributed by atoms with Crippen LogP contribution in [0.5, 0.6) is 0 Å². The maximum atomic E-state index is 12.7. The van der Waals surface area contributed by atoms with Crippen LogP contribution in [0.1, 0.15) is 46.6 Å². The lowest BCUT2D eigenvalue weighted by Crippen LogP contribution is -2.40. The third kappa shape index (κ3) is 3.60. The van der Waals surface area contributed by atoms with Crippen molar-refractivity contribution in [1.29, 1.82) is 0 Å². The average molecular weight is 340 g/mol. The minimum absolute atomic E-state index is 0.175. The summed E-state index contributed by atoms with van der Waals surface area (Å²) in [4.78, 5) is 24.0. The van der Waals surface area contributed by atoms with E-state index in [1.807, 2.05) is 38.1 Å². The molecule has 1 heterocycles. The lowest BCUT2D eigenvalue weighted by molar-refractivity contribution is -0.142. The number of aryl methyl sites for hydroxylation is 1. The van der Waals surface area contributed by atoms with Crippen LogP contribution in [0, 0.1) is 19.8 Å². The maximum Gasteiger partial charge on any atom is 0.308 e. The summed E-state index contributed by atoms with van der Waals surface area (Å²) in [6.45, 7) is 4.64. The first-order valence-corrected chi connectivity index (χ1v) is 8.71. The van der Waals surface area contributed by atoms with E-state index in [1.165, 1.54) is 5.56 Å². The van der Waals surface area contributed by atoms with Gasteiger partial charge in [-0.15, -0.1) is 0 Å². The first-order valence-electron chi connectivity index (χ1n) is 8.71. The number of carboxylic acids is 1. The van der Waals surface area contributed by atoms with Gasteiger partial charge in [0.25, 0.3) is 5.91 Å². The summed E-state index contributed by atoms with van der Waals surface area (Å²) >= 11 is 0. The monoisotopic (exact) mass is 340 g/mol. The zero-order valence-corrected chi connectivity index (χ0v) is 14.7. The number of aromatic nitrogens is 1. The third-order valence-corrected chi connectivity index (χ3v) is 5.15. The van der Waals surface area contributed by atoms with Crippen molar-refractivity contribution in [3.05, 3.63) is 58.9 Å². The van der Waals surface area contributed by atoms with Gasteiger partial charge < -0.3 is 15.0 Å². The summed E-state index contributed by atoms with van der Waals surface area (Å²) in [5.41, 5.74) is 3.74. The molecule has 1 aromatic carbocycles. The molecule has 2 N–H and O–H groups in total. The molecule has 1 aromatic heterocycles. The van der Waals surface area contributed by atoms with Gasteiger partial charge in [-0.2, -0.15) is 0 Å². The first kappa shape index (κ1) is 17.3. The summed E-state index contributed by atoms with van der Waals surface area (Å²) in [5.74, 6) is -1.47. The van der Waals surface area contributed by atoms with Crippen LogP contribution < -0.4 is 5.32 Å². The molecular weight excluding hydrogens is 316 g/mol. The fourth-order valence-electron chi connectivity index (χ4n) is 3.71. The number of hydrogen-bond acceptors (Lipinski definition) is 2. The van der Waals surface area contributed by atoms with E-state index in [9.17, 15) is 14.7 Å². The van der Waals surface area contributed by atoms with E-state index in [0.717, 1.165) is 24.2 Å². The van der Waals surface area contributed by atoms with Gasteiger partial charge in [0.05, 0.1) is 11.5 Å². The van der Waals surface area contributed by atoms with Crippen molar-refractivity contribution in [2.45, 2.75) is 45.7 Å². The SMILES string of the molecule is Cc1cc(C(=O)N[C@@H]2CCC[C@@H]2C(=O)O)c(C)n1Cc1ccccc1. The van der Waals surface area contributed by atoms with E-state index in [4.69, 9.17) is 0 Å². The smallest absolute Gasteiger partial charge is 0.308 e. The van der Waals surface area contributed by atoms with Crippen LogP contribution >= 0.6 is 0 Å². The number of rotatable bonds is 5. The van der Waals surface area contributed by atoms with E-state index in [0.29, 0.717) is 18.5 Å². The van der Waals surface area contributed by atoms with Crippen LogP contribution in [-0.4, -0.2) is 27.6 Å². The summed E-state index contributed by atoms with van der Waals surface area (Å²) in [7, 11) is 0. The molecule has 0 radical (unpaired) electrons. The molecule has 0 bridgehead atoms. The van der Waals surface area contributed by atoms with Gasteiger partial charge in [-0.3, -0.25) is 9.59 Å². The van der Waals surface area contributed by atoms with Crippen molar-refractivity contribution < 1.29 is 14.7 Å². The molecule has 0 saturated heterocycles. The Hall–Kier alpha value is -2.56. The number of carbonyl (C=O) groups is 2. The van der Waals surface area contributed by atoms with Gasteiger partial charge in [0.2, 0.25) is 0 Å². The molecule has 5 nitrogen and oxygen atoms in total. The molecule has 25 heavy (non-hydrogen) atoms. The second-order valence-electron chi connectivity index (χ2n) is 6.81. The minimum Gasteiger partial charge on any atom is -0.481 e. The van der Waals surface area contributed by atoms with Gasteiger partial charge in [0, 0.05) is 24.0 Å². The van der Waals surface area contributed by atoms with Gasteiger partial charge in [-0.05, 0) is 38.3 Å². The van der Waals surface area contributed by atoms with Gasteiger partial charge in [0.1, 0.15) is 0 Å². The van der Waals surface area contributed by atoms with Crippen LogP contribution in [0.25, 0.3) is 0 Å². The lowest BCUT2D eigenvalue weighted by Gasteiger charge is -2.17. The Morgan fingerprint density at radius 2 is 1.92 bits per heavy atom. The van der Waals surface area contributed by atoms with E-state index in [1.54, 1.807) is 0 Å². The fourth-order valence-corrected chi connectivity index (χ4v) is 3.71. The van der Waals surface area contributed by atoms with Gasteiger partial charge in [0.15, 0.2) is 0 Å².